The number of carboxylic acid groups (broad SMARTS) is 1. The summed E-state index contributed by atoms with van der Waals surface area (Å²) in [6, 6.07) is 14.2. The molecule has 0 aliphatic heterocycles. The summed E-state index contributed by atoms with van der Waals surface area (Å²) >= 11 is 5.98. The van der Waals surface area contributed by atoms with Crippen LogP contribution < -0.4 is 0 Å². The van der Waals surface area contributed by atoms with Gasteiger partial charge >= 0.3 is 5.97 Å². The molecule has 0 aliphatic carbocycles. The Kier molecular flexibility index (Phi) is 4.63. The third-order valence-electron chi connectivity index (χ3n) is 4.44. The zero-order chi connectivity index (χ0) is 17.3. The lowest BCUT2D eigenvalue weighted by molar-refractivity contribution is -0.136. The van der Waals surface area contributed by atoms with E-state index in [0.29, 0.717) is 18.0 Å². The van der Waals surface area contributed by atoms with Gasteiger partial charge in [-0.15, -0.1) is 0 Å². The van der Waals surface area contributed by atoms with Gasteiger partial charge in [0, 0.05) is 28.2 Å². The van der Waals surface area contributed by atoms with Crippen LogP contribution in [-0.2, 0) is 17.8 Å². The van der Waals surface area contributed by atoms with E-state index in [1.807, 2.05) is 24.3 Å². The second-order valence-corrected chi connectivity index (χ2v) is 6.64. The monoisotopic (exact) mass is 341 g/mol. The van der Waals surface area contributed by atoms with Crippen LogP contribution in [0.2, 0.25) is 5.02 Å². The van der Waals surface area contributed by atoms with E-state index in [2.05, 4.69) is 36.6 Å². The van der Waals surface area contributed by atoms with Gasteiger partial charge in [-0.25, -0.2) is 0 Å². The fraction of sp³-hybridized carbons (Fsp3) is 0.250. The number of aromatic nitrogens is 1. The van der Waals surface area contributed by atoms with Crippen molar-refractivity contribution in [2.24, 2.45) is 0 Å². The van der Waals surface area contributed by atoms with Crippen molar-refractivity contribution in [3.8, 4) is 0 Å². The highest BCUT2D eigenvalue weighted by Crippen LogP contribution is 2.28. The molecule has 4 heteroatoms. The molecule has 1 heterocycles. The summed E-state index contributed by atoms with van der Waals surface area (Å²) in [5.41, 5.74) is 5.76. The Labute approximate surface area is 146 Å². The summed E-state index contributed by atoms with van der Waals surface area (Å²) in [5, 5.41) is 11.0. The normalized spacial score (nSPS) is 11.1. The van der Waals surface area contributed by atoms with Crippen molar-refractivity contribution in [1.82, 2.24) is 4.57 Å². The van der Waals surface area contributed by atoms with Crippen molar-refractivity contribution in [2.75, 3.05) is 0 Å². The molecule has 0 radical (unpaired) electrons. The van der Waals surface area contributed by atoms with Crippen LogP contribution in [-0.4, -0.2) is 15.6 Å². The fourth-order valence-corrected chi connectivity index (χ4v) is 3.31. The van der Waals surface area contributed by atoms with Crippen LogP contribution >= 0.6 is 11.6 Å². The van der Waals surface area contributed by atoms with Crippen molar-refractivity contribution in [3.63, 3.8) is 0 Å². The SMILES string of the molecule is Cc1ccc2c(C)c(CCC(=O)O)n(Cc3ccc(Cl)cc3)c2c1. The highest BCUT2D eigenvalue weighted by atomic mass is 35.5. The minimum Gasteiger partial charge on any atom is -0.481 e. The fourth-order valence-electron chi connectivity index (χ4n) is 3.19. The summed E-state index contributed by atoms with van der Waals surface area (Å²) in [6.45, 7) is 4.86. The van der Waals surface area contributed by atoms with Crippen molar-refractivity contribution in [2.45, 2.75) is 33.2 Å². The largest absolute Gasteiger partial charge is 0.481 e. The summed E-state index contributed by atoms with van der Waals surface area (Å²) in [5.74, 6) is -0.770. The maximum absolute atomic E-state index is 11.0. The third kappa shape index (κ3) is 3.31. The molecule has 24 heavy (non-hydrogen) atoms. The van der Waals surface area contributed by atoms with Gasteiger partial charge in [-0.1, -0.05) is 35.9 Å². The number of carboxylic acids is 1. The third-order valence-corrected chi connectivity index (χ3v) is 4.69. The Morgan fingerprint density at radius 3 is 2.50 bits per heavy atom. The molecule has 3 nitrogen and oxygen atoms in total. The highest BCUT2D eigenvalue weighted by Gasteiger charge is 2.15. The van der Waals surface area contributed by atoms with Crippen molar-refractivity contribution >= 4 is 28.5 Å². The van der Waals surface area contributed by atoms with Crippen LogP contribution in [0.1, 0.15) is 28.8 Å². The topological polar surface area (TPSA) is 42.2 Å². The van der Waals surface area contributed by atoms with E-state index in [4.69, 9.17) is 16.7 Å². The number of nitrogens with zero attached hydrogens (tertiary/aromatic N) is 1. The summed E-state index contributed by atoms with van der Waals surface area (Å²) in [4.78, 5) is 11.0. The molecule has 0 bridgehead atoms. The van der Waals surface area contributed by atoms with Crippen molar-refractivity contribution in [3.05, 3.63) is 69.9 Å². The van der Waals surface area contributed by atoms with E-state index >= 15 is 0 Å². The molecule has 0 saturated carbocycles. The average molecular weight is 342 g/mol. The zero-order valence-electron chi connectivity index (χ0n) is 13.8. The first-order valence-corrected chi connectivity index (χ1v) is 8.38. The number of aliphatic carboxylic acids is 1. The Morgan fingerprint density at radius 1 is 1.12 bits per heavy atom. The van der Waals surface area contributed by atoms with E-state index in [-0.39, 0.29) is 6.42 Å². The zero-order valence-corrected chi connectivity index (χ0v) is 14.6. The Morgan fingerprint density at radius 2 is 1.83 bits per heavy atom. The van der Waals surface area contributed by atoms with Crippen LogP contribution in [0.15, 0.2) is 42.5 Å². The molecule has 2 aromatic carbocycles. The molecule has 1 aromatic heterocycles. The maximum atomic E-state index is 11.0. The first-order valence-electron chi connectivity index (χ1n) is 8.00. The van der Waals surface area contributed by atoms with Crippen LogP contribution in [0.25, 0.3) is 10.9 Å². The minimum atomic E-state index is -0.770. The van der Waals surface area contributed by atoms with E-state index in [9.17, 15) is 4.79 Å². The lowest BCUT2D eigenvalue weighted by Crippen LogP contribution is -2.07. The summed E-state index contributed by atoms with van der Waals surface area (Å²) < 4.78 is 2.24. The van der Waals surface area contributed by atoms with E-state index in [1.165, 1.54) is 16.5 Å². The molecule has 0 amide bonds. The smallest absolute Gasteiger partial charge is 0.303 e. The molecule has 0 unspecified atom stereocenters. The second kappa shape index (κ2) is 6.70. The van der Waals surface area contributed by atoms with Gasteiger partial charge in [0.2, 0.25) is 0 Å². The van der Waals surface area contributed by atoms with Crippen LogP contribution in [0, 0.1) is 13.8 Å². The molecular formula is C20H20ClNO2. The number of aryl methyl sites for hydroxylation is 2. The Bertz CT molecular complexity index is 894. The molecule has 0 fully saturated rings. The lowest BCUT2D eigenvalue weighted by Gasteiger charge is -2.12. The number of fused-ring (bicyclic) bond motifs is 1. The van der Waals surface area contributed by atoms with Crippen LogP contribution in [0.4, 0.5) is 0 Å². The summed E-state index contributed by atoms with van der Waals surface area (Å²) in [6.07, 6.45) is 0.666. The standard InChI is InChI=1S/C20H20ClNO2/c1-13-3-8-17-14(2)18(9-10-20(23)24)22(19(17)11-13)12-15-4-6-16(21)7-5-15/h3-8,11H,9-10,12H2,1-2H3,(H,23,24). The number of rotatable bonds is 5. The van der Waals surface area contributed by atoms with Gasteiger partial charge in [0.05, 0.1) is 6.42 Å². The Balaban J connectivity index is 2.10. The summed E-state index contributed by atoms with van der Waals surface area (Å²) in [7, 11) is 0. The molecule has 3 aromatic rings. The van der Waals surface area contributed by atoms with E-state index in [0.717, 1.165) is 16.8 Å². The highest BCUT2D eigenvalue weighted by molar-refractivity contribution is 6.30. The van der Waals surface area contributed by atoms with Gasteiger partial charge in [-0.3, -0.25) is 4.79 Å². The molecule has 0 aliphatic rings. The van der Waals surface area contributed by atoms with Gasteiger partial charge in [0.1, 0.15) is 0 Å². The number of halogens is 1. The van der Waals surface area contributed by atoms with E-state index in [1.54, 1.807) is 0 Å². The molecule has 0 saturated heterocycles. The second-order valence-electron chi connectivity index (χ2n) is 6.20. The van der Waals surface area contributed by atoms with Crippen LogP contribution in [0.5, 0.6) is 0 Å². The number of hydrogen-bond donors (Lipinski definition) is 1. The quantitative estimate of drug-likeness (QED) is 0.711. The van der Waals surface area contributed by atoms with Crippen molar-refractivity contribution in [1.29, 1.82) is 0 Å². The Hall–Kier alpha value is -2.26. The molecule has 3 rings (SSSR count). The molecule has 1 N–H and O–H groups in total. The predicted molar refractivity (Wildman–Crippen MR) is 97.9 cm³/mol. The van der Waals surface area contributed by atoms with Gasteiger partial charge in [-0.2, -0.15) is 0 Å². The molecule has 0 spiro atoms. The van der Waals surface area contributed by atoms with Gasteiger partial charge in [0.15, 0.2) is 0 Å². The first-order chi connectivity index (χ1) is 11.5. The average Bonchev–Trinajstić information content (AvgIpc) is 2.79. The first kappa shape index (κ1) is 16.6. The number of benzene rings is 2. The minimum absolute atomic E-state index is 0.136. The molecule has 124 valence electrons. The van der Waals surface area contributed by atoms with E-state index < -0.39 is 5.97 Å². The van der Waals surface area contributed by atoms with Gasteiger partial charge < -0.3 is 9.67 Å². The number of carbonyl (C=O) groups is 1. The maximum Gasteiger partial charge on any atom is 0.303 e. The molecule has 0 atom stereocenters. The van der Waals surface area contributed by atoms with Gasteiger partial charge in [0.25, 0.3) is 0 Å². The predicted octanol–water partition coefficient (Wildman–Crippen LogP) is 4.98. The van der Waals surface area contributed by atoms with Crippen LogP contribution in [0.3, 0.4) is 0 Å². The van der Waals surface area contributed by atoms with Crippen molar-refractivity contribution < 1.29 is 9.90 Å². The molecular weight excluding hydrogens is 322 g/mol. The lowest BCUT2D eigenvalue weighted by atomic mass is 10.1. The number of hydrogen-bond acceptors (Lipinski definition) is 1. The van der Waals surface area contributed by atoms with Gasteiger partial charge in [-0.05, 0) is 55.2 Å².